The second-order valence-electron chi connectivity index (χ2n) is 3.43. The normalized spacial score (nSPS) is 10.6. The molecule has 0 bridgehead atoms. The third-order valence-corrected chi connectivity index (χ3v) is 3.48. The number of phenols is 1. The lowest BCUT2D eigenvalue weighted by Gasteiger charge is -2.06. The smallest absolute Gasteiger partial charge is 0.129 e. The zero-order valence-electron chi connectivity index (χ0n) is 9.13. The molecule has 0 aliphatic heterocycles. The van der Waals surface area contributed by atoms with Crippen molar-refractivity contribution in [2.24, 2.45) is 0 Å². The van der Waals surface area contributed by atoms with Gasteiger partial charge in [0.05, 0.1) is 6.33 Å². The van der Waals surface area contributed by atoms with Gasteiger partial charge in [0.25, 0.3) is 0 Å². The van der Waals surface area contributed by atoms with E-state index in [1.54, 1.807) is 17.8 Å². The molecular formula is C12H14N2OS. The van der Waals surface area contributed by atoms with Crippen LogP contribution < -0.4 is 0 Å². The molecule has 0 atom stereocenters. The minimum atomic E-state index is 0.343. The Hall–Kier alpha value is -1.42. The lowest BCUT2D eigenvalue weighted by Crippen LogP contribution is -1.97. The van der Waals surface area contributed by atoms with E-state index >= 15 is 0 Å². The van der Waals surface area contributed by atoms with Crippen LogP contribution in [0.25, 0.3) is 0 Å². The molecule has 1 aromatic heterocycles. The minimum absolute atomic E-state index is 0.343. The Balaban J connectivity index is 2.05. The van der Waals surface area contributed by atoms with Crippen molar-refractivity contribution >= 4 is 11.8 Å². The summed E-state index contributed by atoms with van der Waals surface area (Å²) in [5.41, 5.74) is 1.18. The Kier molecular flexibility index (Phi) is 3.51. The van der Waals surface area contributed by atoms with E-state index in [0.717, 1.165) is 17.2 Å². The average Bonchev–Trinajstić information content (AvgIpc) is 2.75. The third kappa shape index (κ3) is 2.39. The third-order valence-electron chi connectivity index (χ3n) is 2.38. The Bertz CT molecular complexity index is 468. The molecule has 0 amide bonds. The fourth-order valence-electron chi connectivity index (χ4n) is 1.48. The lowest BCUT2D eigenvalue weighted by molar-refractivity contribution is 0.462. The number of aromatic nitrogens is 2. The SMILES string of the molecule is CCn1cncc1CSc1ccccc1O. The van der Waals surface area contributed by atoms with E-state index in [1.165, 1.54) is 5.69 Å². The van der Waals surface area contributed by atoms with E-state index in [9.17, 15) is 5.11 Å². The molecule has 4 heteroatoms. The predicted molar refractivity (Wildman–Crippen MR) is 65.6 cm³/mol. The number of benzene rings is 1. The molecule has 0 aliphatic rings. The predicted octanol–water partition coefficient (Wildman–Crippen LogP) is 2.90. The maximum absolute atomic E-state index is 9.62. The minimum Gasteiger partial charge on any atom is -0.507 e. The first kappa shape index (κ1) is 11.1. The first-order valence-corrected chi connectivity index (χ1v) is 6.19. The summed E-state index contributed by atoms with van der Waals surface area (Å²) in [6, 6.07) is 7.39. The van der Waals surface area contributed by atoms with E-state index in [4.69, 9.17) is 0 Å². The number of phenolic OH excluding ortho intramolecular Hbond substituents is 1. The summed E-state index contributed by atoms with van der Waals surface area (Å²) in [7, 11) is 0. The highest BCUT2D eigenvalue weighted by atomic mass is 32.2. The molecular weight excluding hydrogens is 220 g/mol. The number of thioether (sulfide) groups is 1. The molecule has 0 radical (unpaired) electrons. The Morgan fingerprint density at radius 2 is 2.19 bits per heavy atom. The van der Waals surface area contributed by atoms with Gasteiger partial charge in [0.15, 0.2) is 0 Å². The summed E-state index contributed by atoms with van der Waals surface area (Å²) in [4.78, 5) is 5.02. The fourth-order valence-corrected chi connectivity index (χ4v) is 2.42. The van der Waals surface area contributed by atoms with Crippen molar-refractivity contribution < 1.29 is 5.11 Å². The van der Waals surface area contributed by atoms with E-state index < -0.39 is 0 Å². The van der Waals surface area contributed by atoms with Gasteiger partial charge >= 0.3 is 0 Å². The van der Waals surface area contributed by atoms with Gasteiger partial charge in [0.2, 0.25) is 0 Å². The molecule has 1 N–H and O–H groups in total. The highest BCUT2D eigenvalue weighted by Gasteiger charge is 2.04. The summed E-state index contributed by atoms with van der Waals surface area (Å²) in [6.45, 7) is 3.02. The number of hydrogen-bond acceptors (Lipinski definition) is 3. The Labute approximate surface area is 99.1 Å². The number of hydrogen-bond donors (Lipinski definition) is 1. The molecule has 0 saturated carbocycles. The van der Waals surface area contributed by atoms with Crippen molar-refractivity contribution in [1.82, 2.24) is 9.55 Å². The van der Waals surface area contributed by atoms with Crippen LogP contribution in [0.3, 0.4) is 0 Å². The molecule has 1 aromatic carbocycles. The molecule has 0 spiro atoms. The number of aromatic hydroxyl groups is 1. The summed E-state index contributed by atoms with van der Waals surface area (Å²) in [5.74, 6) is 1.17. The van der Waals surface area contributed by atoms with Crippen LogP contribution in [-0.2, 0) is 12.3 Å². The Morgan fingerprint density at radius 3 is 2.94 bits per heavy atom. The molecule has 16 heavy (non-hydrogen) atoms. The van der Waals surface area contributed by atoms with Gasteiger partial charge < -0.3 is 9.67 Å². The maximum Gasteiger partial charge on any atom is 0.129 e. The zero-order chi connectivity index (χ0) is 11.4. The van der Waals surface area contributed by atoms with Crippen molar-refractivity contribution in [3.8, 4) is 5.75 Å². The highest BCUT2D eigenvalue weighted by molar-refractivity contribution is 7.98. The molecule has 0 fully saturated rings. The number of aryl methyl sites for hydroxylation is 1. The number of imidazole rings is 1. The first-order valence-electron chi connectivity index (χ1n) is 5.21. The highest BCUT2D eigenvalue weighted by Crippen LogP contribution is 2.30. The van der Waals surface area contributed by atoms with Crippen molar-refractivity contribution in [3.63, 3.8) is 0 Å². The van der Waals surface area contributed by atoms with Crippen LogP contribution in [-0.4, -0.2) is 14.7 Å². The summed E-state index contributed by atoms with van der Waals surface area (Å²) < 4.78 is 2.10. The first-order chi connectivity index (χ1) is 7.81. The van der Waals surface area contributed by atoms with Gasteiger partial charge in [-0.2, -0.15) is 0 Å². The van der Waals surface area contributed by atoms with Crippen LogP contribution in [0.4, 0.5) is 0 Å². The molecule has 0 aliphatic carbocycles. The summed E-state index contributed by atoms with van der Waals surface area (Å²) in [6.07, 6.45) is 3.71. The van der Waals surface area contributed by atoms with Crippen molar-refractivity contribution in [3.05, 3.63) is 42.5 Å². The molecule has 0 unspecified atom stereocenters. The van der Waals surface area contributed by atoms with Gasteiger partial charge in [-0.3, -0.25) is 0 Å². The average molecular weight is 234 g/mol. The fraction of sp³-hybridized carbons (Fsp3) is 0.250. The molecule has 2 rings (SSSR count). The summed E-state index contributed by atoms with van der Waals surface area (Å²) in [5, 5.41) is 9.62. The van der Waals surface area contributed by atoms with Crippen molar-refractivity contribution in [2.45, 2.75) is 24.1 Å². The van der Waals surface area contributed by atoms with Crippen LogP contribution in [0.15, 0.2) is 41.7 Å². The maximum atomic E-state index is 9.62. The van der Waals surface area contributed by atoms with Crippen LogP contribution in [0.1, 0.15) is 12.6 Å². The van der Waals surface area contributed by atoms with Gasteiger partial charge in [-0.1, -0.05) is 12.1 Å². The lowest BCUT2D eigenvalue weighted by atomic mass is 10.3. The molecule has 3 nitrogen and oxygen atoms in total. The van der Waals surface area contributed by atoms with Crippen LogP contribution in [0, 0.1) is 0 Å². The summed E-state index contributed by atoms with van der Waals surface area (Å²) >= 11 is 1.62. The van der Waals surface area contributed by atoms with Gasteiger partial charge in [-0.25, -0.2) is 4.98 Å². The topological polar surface area (TPSA) is 38.0 Å². The molecule has 84 valence electrons. The van der Waals surface area contributed by atoms with E-state index in [2.05, 4.69) is 16.5 Å². The number of nitrogens with zero attached hydrogens (tertiary/aromatic N) is 2. The molecule has 1 heterocycles. The van der Waals surface area contributed by atoms with Gasteiger partial charge in [0.1, 0.15) is 5.75 Å². The van der Waals surface area contributed by atoms with Crippen LogP contribution in [0.5, 0.6) is 5.75 Å². The van der Waals surface area contributed by atoms with E-state index in [-0.39, 0.29) is 0 Å². The van der Waals surface area contributed by atoms with Crippen molar-refractivity contribution in [2.75, 3.05) is 0 Å². The van der Waals surface area contributed by atoms with E-state index in [0.29, 0.717) is 5.75 Å². The van der Waals surface area contributed by atoms with Crippen molar-refractivity contribution in [1.29, 1.82) is 0 Å². The molecule has 2 aromatic rings. The Morgan fingerprint density at radius 1 is 1.38 bits per heavy atom. The number of rotatable bonds is 4. The van der Waals surface area contributed by atoms with Gasteiger partial charge in [-0.05, 0) is 19.1 Å². The second-order valence-corrected chi connectivity index (χ2v) is 4.44. The van der Waals surface area contributed by atoms with Crippen LogP contribution >= 0.6 is 11.8 Å². The molecule has 0 saturated heterocycles. The standard InChI is InChI=1S/C12H14N2OS/c1-2-14-9-13-7-10(14)8-16-12-6-4-3-5-11(12)15/h3-7,9,15H,2,8H2,1H3. The second kappa shape index (κ2) is 5.07. The van der Waals surface area contributed by atoms with Gasteiger partial charge in [0, 0.05) is 29.1 Å². The monoisotopic (exact) mass is 234 g/mol. The van der Waals surface area contributed by atoms with Gasteiger partial charge in [-0.15, -0.1) is 11.8 Å². The number of para-hydroxylation sites is 1. The van der Waals surface area contributed by atoms with Crippen LogP contribution in [0.2, 0.25) is 0 Å². The zero-order valence-corrected chi connectivity index (χ0v) is 9.94. The van der Waals surface area contributed by atoms with E-state index in [1.807, 2.05) is 30.7 Å². The quantitative estimate of drug-likeness (QED) is 0.827. The largest absolute Gasteiger partial charge is 0.507 e.